The molecule has 1 heterocycles. The van der Waals surface area contributed by atoms with Gasteiger partial charge in [0.05, 0.1) is 0 Å². The standard InChI is InChI=1S/C27H34N2O8S/c1-17-23(37-16-22(32)33)25(26(34)35)38-24(17)18-9-8-12-20(15-18)29(19-10-4-2-5-11-19)27(36)28-14-7-3-6-13-21(30)31/h8-9,12,15,19H,2-7,10-11,13-14,16H2,1H3,(H,28,36)(H,30,31)(H,32,33)(H,34,35). The molecule has 1 aliphatic rings. The Hall–Kier alpha value is -3.60. The summed E-state index contributed by atoms with van der Waals surface area (Å²) >= 11 is 1.01. The van der Waals surface area contributed by atoms with Gasteiger partial charge in [-0.15, -0.1) is 11.3 Å². The number of aliphatic carboxylic acids is 2. The molecular formula is C27H34N2O8S. The van der Waals surface area contributed by atoms with E-state index in [4.69, 9.17) is 14.9 Å². The van der Waals surface area contributed by atoms with Gasteiger partial charge in [0.25, 0.3) is 0 Å². The number of unbranched alkanes of at least 4 members (excludes halogenated alkanes) is 2. The monoisotopic (exact) mass is 546 g/mol. The van der Waals surface area contributed by atoms with Crippen LogP contribution in [0.5, 0.6) is 5.75 Å². The topological polar surface area (TPSA) is 153 Å². The number of nitrogens with one attached hydrogen (secondary N) is 1. The van der Waals surface area contributed by atoms with Crippen LogP contribution in [0.4, 0.5) is 10.5 Å². The molecule has 4 N–H and O–H groups in total. The molecule has 206 valence electrons. The minimum atomic E-state index is -1.20. The molecule has 11 heteroatoms. The van der Waals surface area contributed by atoms with Crippen LogP contribution in [0, 0.1) is 6.92 Å². The zero-order valence-corrected chi connectivity index (χ0v) is 22.2. The number of carboxylic acid groups (broad SMARTS) is 3. The van der Waals surface area contributed by atoms with E-state index in [1.54, 1.807) is 11.8 Å². The minimum absolute atomic E-state index is 0.0273. The summed E-state index contributed by atoms with van der Waals surface area (Å²) in [7, 11) is 0. The summed E-state index contributed by atoms with van der Waals surface area (Å²) in [6.07, 6.45) is 7.01. The summed E-state index contributed by atoms with van der Waals surface area (Å²) in [5.41, 5.74) is 1.93. The largest absolute Gasteiger partial charge is 0.481 e. The number of thiophene rings is 1. The van der Waals surface area contributed by atoms with Crippen molar-refractivity contribution in [1.82, 2.24) is 5.32 Å². The minimum Gasteiger partial charge on any atom is -0.481 e. The van der Waals surface area contributed by atoms with E-state index in [-0.39, 0.29) is 29.1 Å². The Morgan fingerprint density at radius 1 is 1.03 bits per heavy atom. The smallest absolute Gasteiger partial charge is 0.349 e. The van der Waals surface area contributed by atoms with Gasteiger partial charge in [-0.2, -0.15) is 0 Å². The van der Waals surface area contributed by atoms with E-state index in [9.17, 15) is 24.3 Å². The van der Waals surface area contributed by atoms with Crippen LogP contribution >= 0.6 is 11.3 Å². The maximum absolute atomic E-state index is 13.4. The molecule has 1 saturated carbocycles. The molecule has 3 rings (SSSR count). The van der Waals surface area contributed by atoms with Crippen LogP contribution in [-0.4, -0.2) is 58.5 Å². The number of carbonyl (C=O) groups is 4. The van der Waals surface area contributed by atoms with Gasteiger partial charge in [-0.05, 0) is 50.3 Å². The van der Waals surface area contributed by atoms with Gasteiger partial charge in [-0.3, -0.25) is 9.69 Å². The fourth-order valence-electron chi connectivity index (χ4n) is 4.71. The Labute approximate surface area is 225 Å². The lowest BCUT2D eigenvalue weighted by Crippen LogP contribution is -2.47. The zero-order chi connectivity index (χ0) is 27.7. The second-order valence-corrected chi connectivity index (χ2v) is 10.4. The molecule has 38 heavy (non-hydrogen) atoms. The molecular weight excluding hydrogens is 512 g/mol. The van der Waals surface area contributed by atoms with Crippen molar-refractivity contribution in [2.75, 3.05) is 18.1 Å². The van der Waals surface area contributed by atoms with Gasteiger partial charge in [-0.25, -0.2) is 14.4 Å². The number of anilines is 1. The van der Waals surface area contributed by atoms with Crippen molar-refractivity contribution in [3.63, 3.8) is 0 Å². The average molecular weight is 547 g/mol. The Morgan fingerprint density at radius 2 is 1.76 bits per heavy atom. The van der Waals surface area contributed by atoms with Crippen molar-refractivity contribution in [1.29, 1.82) is 0 Å². The number of ether oxygens (including phenoxy) is 1. The van der Waals surface area contributed by atoms with Crippen LogP contribution in [0.2, 0.25) is 0 Å². The van der Waals surface area contributed by atoms with Crippen LogP contribution in [0.25, 0.3) is 10.4 Å². The summed E-state index contributed by atoms with van der Waals surface area (Å²) in [5.74, 6) is -3.19. The molecule has 1 aliphatic carbocycles. The molecule has 0 aliphatic heterocycles. The number of urea groups is 1. The van der Waals surface area contributed by atoms with Crippen molar-refractivity contribution < 1.29 is 39.2 Å². The number of carbonyl (C=O) groups excluding carboxylic acids is 1. The van der Waals surface area contributed by atoms with E-state index in [1.165, 1.54) is 0 Å². The third-order valence-electron chi connectivity index (χ3n) is 6.51. The summed E-state index contributed by atoms with van der Waals surface area (Å²) in [6, 6.07) is 7.16. The highest BCUT2D eigenvalue weighted by Gasteiger charge is 2.28. The molecule has 0 unspecified atom stereocenters. The van der Waals surface area contributed by atoms with E-state index < -0.39 is 24.5 Å². The predicted molar refractivity (Wildman–Crippen MR) is 143 cm³/mol. The molecule has 0 atom stereocenters. The van der Waals surface area contributed by atoms with Crippen molar-refractivity contribution in [2.45, 2.75) is 70.8 Å². The first kappa shape index (κ1) is 29.0. The molecule has 1 aromatic heterocycles. The SMILES string of the molecule is Cc1c(-c2cccc(N(C(=O)NCCCCCC(=O)O)C3CCCCC3)c2)sc(C(=O)O)c1OCC(=O)O. The van der Waals surface area contributed by atoms with Crippen LogP contribution in [-0.2, 0) is 9.59 Å². The number of rotatable bonds is 13. The fourth-order valence-corrected chi connectivity index (χ4v) is 5.80. The van der Waals surface area contributed by atoms with Gasteiger partial charge < -0.3 is 25.4 Å². The highest BCUT2D eigenvalue weighted by atomic mass is 32.1. The molecule has 0 saturated heterocycles. The predicted octanol–water partition coefficient (Wildman–Crippen LogP) is 5.38. The zero-order valence-electron chi connectivity index (χ0n) is 21.4. The van der Waals surface area contributed by atoms with Crippen LogP contribution in [0.15, 0.2) is 24.3 Å². The average Bonchev–Trinajstić information content (AvgIpc) is 3.22. The second kappa shape index (κ2) is 13.8. The Bertz CT molecular complexity index is 1160. The molecule has 1 aromatic carbocycles. The maximum Gasteiger partial charge on any atom is 0.349 e. The summed E-state index contributed by atoms with van der Waals surface area (Å²) in [4.78, 5) is 49.2. The lowest BCUT2D eigenvalue weighted by atomic mass is 9.93. The van der Waals surface area contributed by atoms with Crippen molar-refractivity contribution >= 4 is 41.0 Å². The molecule has 10 nitrogen and oxygen atoms in total. The number of nitrogens with zero attached hydrogens (tertiary/aromatic N) is 1. The van der Waals surface area contributed by atoms with Gasteiger partial charge >= 0.3 is 23.9 Å². The Kier molecular flexibility index (Phi) is 10.5. The third kappa shape index (κ3) is 7.70. The summed E-state index contributed by atoms with van der Waals surface area (Å²) in [5, 5.41) is 30.4. The highest BCUT2D eigenvalue weighted by molar-refractivity contribution is 7.18. The van der Waals surface area contributed by atoms with Crippen LogP contribution in [0.1, 0.15) is 73.0 Å². The molecule has 1 fully saturated rings. The molecule has 2 amide bonds. The number of hydrogen-bond acceptors (Lipinski definition) is 6. The van der Waals surface area contributed by atoms with Gasteiger partial charge in [0, 0.05) is 35.1 Å². The first-order valence-corrected chi connectivity index (χ1v) is 13.6. The first-order valence-electron chi connectivity index (χ1n) is 12.8. The van der Waals surface area contributed by atoms with Gasteiger partial charge in [-0.1, -0.05) is 37.8 Å². The second-order valence-electron chi connectivity index (χ2n) is 9.35. The number of carboxylic acids is 3. The number of aromatic carboxylic acids is 1. The summed E-state index contributed by atoms with van der Waals surface area (Å²) in [6.45, 7) is 1.49. The molecule has 0 spiro atoms. The third-order valence-corrected chi connectivity index (χ3v) is 7.82. The van der Waals surface area contributed by atoms with Crippen molar-refractivity contribution in [2.24, 2.45) is 0 Å². The van der Waals surface area contributed by atoms with Crippen molar-refractivity contribution in [3.05, 3.63) is 34.7 Å². The van der Waals surface area contributed by atoms with Gasteiger partial charge in [0.2, 0.25) is 0 Å². The van der Waals surface area contributed by atoms with Crippen molar-refractivity contribution in [3.8, 4) is 16.2 Å². The fraction of sp³-hybridized carbons (Fsp3) is 0.481. The maximum atomic E-state index is 13.4. The van der Waals surface area contributed by atoms with Gasteiger partial charge in [0.1, 0.15) is 5.75 Å². The lowest BCUT2D eigenvalue weighted by molar-refractivity contribution is -0.139. The quantitative estimate of drug-likeness (QED) is 0.244. The number of amides is 2. The molecule has 2 aromatic rings. The number of benzene rings is 1. The van der Waals surface area contributed by atoms with E-state index >= 15 is 0 Å². The van der Waals surface area contributed by atoms with E-state index in [0.29, 0.717) is 47.5 Å². The van der Waals surface area contributed by atoms with Crippen LogP contribution in [0.3, 0.4) is 0 Å². The highest BCUT2D eigenvalue weighted by Crippen LogP contribution is 2.42. The first-order chi connectivity index (χ1) is 18.2. The Balaban J connectivity index is 1.85. The van der Waals surface area contributed by atoms with Crippen LogP contribution < -0.4 is 15.0 Å². The number of hydrogen-bond donors (Lipinski definition) is 4. The van der Waals surface area contributed by atoms with E-state index in [1.807, 2.05) is 24.3 Å². The molecule has 0 bridgehead atoms. The van der Waals surface area contributed by atoms with E-state index in [2.05, 4.69) is 5.32 Å². The lowest BCUT2D eigenvalue weighted by Gasteiger charge is -2.34. The van der Waals surface area contributed by atoms with Gasteiger partial charge in [0.15, 0.2) is 11.5 Å². The Morgan fingerprint density at radius 3 is 2.42 bits per heavy atom. The normalized spacial score (nSPS) is 13.6. The van der Waals surface area contributed by atoms with E-state index in [0.717, 1.165) is 43.4 Å². The summed E-state index contributed by atoms with van der Waals surface area (Å²) < 4.78 is 5.31. The molecule has 0 radical (unpaired) electrons.